The van der Waals surface area contributed by atoms with Crippen molar-refractivity contribution in [3.63, 3.8) is 0 Å². The lowest BCUT2D eigenvalue weighted by Gasteiger charge is -2.38. The molecule has 174 valence electrons. The fourth-order valence-corrected chi connectivity index (χ4v) is 4.65. The highest BCUT2D eigenvalue weighted by atomic mass is 16.6. The van der Waals surface area contributed by atoms with Crippen LogP contribution in [0.15, 0.2) is 66.0 Å². The zero-order chi connectivity index (χ0) is 24.0. The topological polar surface area (TPSA) is 80.8 Å². The smallest absolute Gasteiger partial charge is 0.417 e. The number of carbonyl (C=O) groups excluding carboxylic acids is 2. The summed E-state index contributed by atoms with van der Waals surface area (Å²) in [5.41, 5.74) is 4.44. The van der Waals surface area contributed by atoms with Crippen LogP contribution in [0.3, 0.4) is 0 Å². The fourth-order valence-electron chi connectivity index (χ4n) is 4.65. The molecule has 0 aliphatic carbocycles. The van der Waals surface area contributed by atoms with E-state index in [2.05, 4.69) is 10.3 Å². The van der Waals surface area contributed by atoms with E-state index in [4.69, 9.17) is 9.47 Å². The summed E-state index contributed by atoms with van der Waals surface area (Å²) in [6.45, 7) is 5.64. The number of hydrogen-bond acceptors (Lipinski definition) is 6. The monoisotopic (exact) mass is 457 g/mol. The molecule has 2 aliphatic heterocycles. The number of fused-ring (bicyclic) bond motifs is 3. The summed E-state index contributed by atoms with van der Waals surface area (Å²) in [5.74, 6) is 0.0559. The summed E-state index contributed by atoms with van der Waals surface area (Å²) in [5, 5.41) is 4.51. The van der Waals surface area contributed by atoms with E-state index in [1.54, 1.807) is 34.1 Å². The lowest BCUT2D eigenvalue weighted by molar-refractivity contribution is -0.127. The number of pyridine rings is 1. The van der Waals surface area contributed by atoms with E-state index in [1.165, 1.54) is 4.90 Å². The molecule has 2 aromatic carbocycles. The van der Waals surface area contributed by atoms with Crippen LogP contribution >= 0.6 is 0 Å². The maximum Gasteiger partial charge on any atom is 0.417 e. The molecule has 0 saturated heterocycles. The number of nitrogens with zero attached hydrogens (tertiary/aromatic N) is 2. The minimum absolute atomic E-state index is 0.257. The molecule has 34 heavy (non-hydrogen) atoms. The Bertz CT molecular complexity index is 1320. The summed E-state index contributed by atoms with van der Waals surface area (Å²) >= 11 is 0. The molecule has 0 fully saturated rings. The van der Waals surface area contributed by atoms with Gasteiger partial charge < -0.3 is 14.8 Å². The van der Waals surface area contributed by atoms with Crippen LogP contribution in [0.5, 0.6) is 5.75 Å². The number of methoxy groups -OCH3 is 1. The third kappa shape index (κ3) is 3.77. The second kappa shape index (κ2) is 8.17. The molecule has 7 nitrogen and oxygen atoms in total. The molecular formula is C27H27N3O4. The van der Waals surface area contributed by atoms with Crippen molar-refractivity contribution < 1.29 is 19.1 Å². The summed E-state index contributed by atoms with van der Waals surface area (Å²) in [4.78, 5) is 32.3. The van der Waals surface area contributed by atoms with Crippen LogP contribution in [0.1, 0.15) is 44.2 Å². The third-order valence-electron chi connectivity index (χ3n) is 6.14. The molecule has 2 amide bonds. The van der Waals surface area contributed by atoms with Crippen LogP contribution in [-0.4, -0.2) is 41.1 Å². The van der Waals surface area contributed by atoms with Crippen LogP contribution in [0.25, 0.3) is 10.9 Å². The Balaban J connectivity index is 1.65. The zero-order valence-corrected chi connectivity index (χ0v) is 19.7. The molecule has 0 spiro atoms. The SMILES string of the molecule is COc1ccc(C2C3=C(CCN(C(=O)OC(C)(C)C)C3=O)Nc3c2ccc2ncccc32)cc1. The van der Waals surface area contributed by atoms with Crippen LogP contribution in [0, 0.1) is 0 Å². The number of imide groups is 1. The van der Waals surface area contributed by atoms with E-state index in [0.717, 1.165) is 39.2 Å². The number of rotatable bonds is 2. The van der Waals surface area contributed by atoms with Gasteiger partial charge in [-0.3, -0.25) is 9.78 Å². The summed E-state index contributed by atoms with van der Waals surface area (Å²) in [6.07, 6.45) is 1.67. The number of nitrogens with one attached hydrogen (secondary N) is 1. The highest BCUT2D eigenvalue weighted by Crippen LogP contribution is 2.47. The summed E-state index contributed by atoms with van der Waals surface area (Å²) in [6, 6.07) is 15.6. The lowest BCUT2D eigenvalue weighted by atomic mass is 9.78. The minimum atomic E-state index is -0.690. The van der Waals surface area contributed by atoms with Gasteiger partial charge in [0.2, 0.25) is 0 Å². The van der Waals surface area contributed by atoms with E-state index in [0.29, 0.717) is 12.0 Å². The molecule has 1 atom stereocenters. The zero-order valence-electron chi connectivity index (χ0n) is 19.7. The number of amides is 2. The van der Waals surface area contributed by atoms with Gasteiger partial charge in [0.15, 0.2) is 0 Å². The molecule has 7 heteroatoms. The first kappa shape index (κ1) is 21.9. The van der Waals surface area contributed by atoms with Crippen LogP contribution < -0.4 is 10.1 Å². The summed E-state index contributed by atoms with van der Waals surface area (Å²) < 4.78 is 10.9. The molecule has 0 radical (unpaired) electrons. The van der Waals surface area contributed by atoms with Crippen molar-refractivity contribution in [2.45, 2.75) is 38.7 Å². The molecule has 0 bridgehead atoms. The van der Waals surface area contributed by atoms with Crippen molar-refractivity contribution in [2.75, 3.05) is 19.0 Å². The van der Waals surface area contributed by atoms with Gasteiger partial charge in [-0.25, -0.2) is 9.69 Å². The van der Waals surface area contributed by atoms with Gasteiger partial charge in [0.05, 0.1) is 18.3 Å². The van der Waals surface area contributed by atoms with E-state index in [-0.39, 0.29) is 18.4 Å². The second-order valence-corrected chi connectivity index (χ2v) is 9.51. The molecule has 0 saturated carbocycles. The van der Waals surface area contributed by atoms with Crippen LogP contribution in [-0.2, 0) is 9.53 Å². The molecular weight excluding hydrogens is 430 g/mol. The minimum Gasteiger partial charge on any atom is -0.497 e. The van der Waals surface area contributed by atoms with Crippen molar-refractivity contribution in [1.82, 2.24) is 9.88 Å². The van der Waals surface area contributed by atoms with E-state index < -0.39 is 11.7 Å². The predicted molar refractivity (Wildman–Crippen MR) is 130 cm³/mol. The van der Waals surface area contributed by atoms with Crippen LogP contribution in [0.2, 0.25) is 0 Å². The van der Waals surface area contributed by atoms with Crippen molar-refractivity contribution in [3.8, 4) is 5.75 Å². The number of carbonyl (C=O) groups is 2. The number of hydrogen-bond donors (Lipinski definition) is 1. The number of anilines is 1. The van der Waals surface area contributed by atoms with Gasteiger partial charge in [-0.2, -0.15) is 0 Å². The molecule has 1 unspecified atom stereocenters. The molecule has 3 aromatic rings. The first-order chi connectivity index (χ1) is 16.3. The van der Waals surface area contributed by atoms with Crippen molar-refractivity contribution >= 4 is 28.6 Å². The van der Waals surface area contributed by atoms with Gasteiger partial charge in [0, 0.05) is 41.7 Å². The maximum atomic E-state index is 13.8. The van der Waals surface area contributed by atoms with Gasteiger partial charge >= 0.3 is 6.09 Å². The summed E-state index contributed by atoms with van der Waals surface area (Å²) in [7, 11) is 1.62. The maximum absolute atomic E-state index is 13.8. The average molecular weight is 458 g/mol. The molecule has 3 heterocycles. The predicted octanol–water partition coefficient (Wildman–Crippen LogP) is 5.22. The first-order valence-corrected chi connectivity index (χ1v) is 11.3. The van der Waals surface area contributed by atoms with Gasteiger partial charge in [0.25, 0.3) is 5.91 Å². The quantitative estimate of drug-likeness (QED) is 0.568. The van der Waals surface area contributed by atoms with Gasteiger partial charge in [-0.1, -0.05) is 18.2 Å². The Kier molecular flexibility index (Phi) is 5.27. The van der Waals surface area contributed by atoms with E-state index in [9.17, 15) is 9.59 Å². The Hall–Kier alpha value is -3.87. The van der Waals surface area contributed by atoms with Gasteiger partial charge in [-0.05, 0) is 62.2 Å². The highest BCUT2D eigenvalue weighted by molar-refractivity contribution is 6.08. The number of benzene rings is 2. The molecule has 1 N–H and O–H groups in total. The lowest BCUT2D eigenvalue weighted by Crippen LogP contribution is -2.47. The molecule has 2 aliphatic rings. The van der Waals surface area contributed by atoms with Crippen molar-refractivity contribution in [3.05, 3.63) is 77.1 Å². The molecule has 1 aromatic heterocycles. The third-order valence-corrected chi connectivity index (χ3v) is 6.14. The second-order valence-electron chi connectivity index (χ2n) is 9.51. The normalized spacial score (nSPS) is 17.7. The number of aromatic nitrogens is 1. The standard InChI is InChI=1S/C27H27N3O4/c1-27(2,3)34-26(32)30-15-13-21-23(25(30)31)22(16-7-9-17(33-4)10-8-16)19-11-12-20-18(24(19)29-21)6-5-14-28-20/h5-12,14,22,29H,13,15H2,1-4H3. The van der Waals surface area contributed by atoms with Crippen molar-refractivity contribution in [1.29, 1.82) is 0 Å². The number of ether oxygens (including phenoxy) is 2. The van der Waals surface area contributed by atoms with E-state index in [1.807, 2.05) is 48.5 Å². The molecule has 5 rings (SSSR count). The van der Waals surface area contributed by atoms with Crippen LogP contribution in [0.4, 0.5) is 10.5 Å². The van der Waals surface area contributed by atoms with Crippen molar-refractivity contribution in [2.24, 2.45) is 0 Å². The Morgan fingerprint density at radius 2 is 1.88 bits per heavy atom. The first-order valence-electron chi connectivity index (χ1n) is 11.3. The van der Waals surface area contributed by atoms with Gasteiger partial charge in [0.1, 0.15) is 11.4 Å². The largest absolute Gasteiger partial charge is 0.497 e. The van der Waals surface area contributed by atoms with Gasteiger partial charge in [-0.15, -0.1) is 0 Å². The average Bonchev–Trinajstić information content (AvgIpc) is 2.82. The Labute approximate surface area is 198 Å². The Morgan fingerprint density at radius 3 is 2.59 bits per heavy atom. The highest BCUT2D eigenvalue weighted by Gasteiger charge is 2.41. The Morgan fingerprint density at radius 1 is 1.12 bits per heavy atom. The fraction of sp³-hybridized carbons (Fsp3) is 0.296. The van der Waals surface area contributed by atoms with E-state index >= 15 is 0 Å².